The molecule has 1 saturated carbocycles. The molecule has 2 aliphatic rings. The van der Waals surface area contributed by atoms with Crippen molar-refractivity contribution in [3.63, 3.8) is 0 Å². The second-order valence-corrected chi connectivity index (χ2v) is 8.35. The van der Waals surface area contributed by atoms with Crippen molar-refractivity contribution < 1.29 is 4.84 Å². The molecule has 3 aromatic rings. The Labute approximate surface area is 168 Å². The molecule has 1 unspecified atom stereocenters. The third-order valence-electron chi connectivity index (χ3n) is 5.96. The van der Waals surface area contributed by atoms with Gasteiger partial charge in [0.05, 0.1) is 10.9 Å². The Kier molecular flexibility index (Phi) is 4.36. The lowest BCUT2D eigenvalue weighted by molar-refractivity contribution is 0.208. The minimum atomic E-state index is -0.228. The smallest absolute Gasteiger partial charge is 0.117 e. The van der Waals surface area contributed by atoms with E-state index in [1.54, 1.807) is 18.4 Å². The number of aromatic nitrogens is 3. The van der Waals surface area contributed by atoms with Crippen LogP contribution in [-0.2, 0) is 16.7 Å². The molecule has 2 aromatic heterocycles. The molecule has 5 rings (SSSR count). The van der Waals surface area contributed by atoms with Gasteiger partial charge in [-0.15, -0.1) is 11.3 Å². The van der Waals surface area contributed by atoms with Crippen molar-refractivity contribution in [1.82, 2.24) is 15.2 Å². The summed E-state index contributed by atoms with van der Waals surface area (Å²) in [4.78, 5) is 10.7. The van der Waals surface area contributed by atoms with Crippen molar-refractivity contribution in [3.8, 4) is 0 Å². The first-order valence-corrected chi connectivity index (χ1v) is 10.5. The third kappa shape index (κ3) is 2.71. The maximum atomic E-state index is 5.15. The number of rotatable bonds is 5. The summed E-state index contributed by atoms with van der Waals surface area (Å²) in [6, 6.07) is 10.6. The third-order valence-corrected chi connectivity index (χ3v) is 6.91. The molecule has 1 N–H and O–H groups in total. The summed E-state index contributed by atoms with van der Waals surface area (Å²) in [5.41, 5.74) is 7.12. The van der Waals surface area contributed by atoms with Gasteiger partial charge < -0.3 is 4.84 Å². The zero-order valence-electron chi connectivity index (χ0n) is 15.8. The van der Waals surface area contributed by atoms with Crippen LogP contribution >= 0.6 is 11.3 Å². The van der Waals surface area contributed by atoms with Gasteiger partial charge in [0, 0.05) is 34.7 Å². The summed E-state index contributed by atoms with van der Waals surface area (Å²) >= 11 is 1.70. The molecule has 2 heterocycles. The average molecular weight is 391 g/mol. The van der Waals surface area contributed by atoms with Crippen molar-refractivity contribution in [2.75, 3.05) is 7.11 Å². The van der Waals surface area contributed by atoms with Crippen LogP contribution in [0, 0.1) is 5.92 Å². The molecule has 0 amide bonds. The van der Waals surface area contributed by atoms with E-state index in [-0.39, 0.29) is 5.41 Å². The van der Waals surface area contributed by atoms with Gasteiger partial charge in [0.2, 0.25) is 0 Å². The molecule has 0 bridgehead atoms. The van der Waals surface area contributed by atoms with E-state index < -0.39 is 0 Å². The van der Waals surface area contributed by atoms with Gasteiger partial charge in [0.15, 0.2) is 0 Å². The minimum Gasteiger partial charge on any atom is -0.399 e. The van der Waals surface area contributed by atoms with Crippen LogP contribution in [0.2, 0.25) is 0 Å². The number of hydrogen-bond donors (Lipinski definition) is 1. The summed E-state index contributed by atoms with van der Waals surface area (Å²) in [5.74, 6) is 0.447. The highest BCUT2D eigenvalue weighted by molar-refractivity contribution is 7.09. The number of allylic oxidation sites excluding steroid dienone is 1. The average Bonchev–Trinajstić information content (AvgIpc) is 3.36. The van der Waals surface area contributed by atoms with Crippen molar-refractivity contribution in [2.24, 2.45) is 11.1 Å². The minimum absolute atomic E-state index is 0.228. The second-order valence-electron chi connectivity index (χ2n) is 7.46. The topological polar surface area (TPSA) is 63.2 Å². The molecule has 0 radical (unpaired) electrons. The first kappa shape index (κ1) is 17.4. The molecule has 2 aliphatic carbocycles. The maximum Gasteiger partial charge on any atom is 0.117 e. The Morgan fingerprint density at radius 2 is 2.14 bits per heavy atom. The molecule has 28 heavy (non-hydrogen) atoms. The lowest BCUT2D eigenvalue weighted by Crippen LogP contribution is -2.30. The molecule has 5 nitrogen and oxygen atoms in total. The van der Waals surface area contributed by atoms with Gasteiger partial charge >= 0.3 is 0 Å². The molecule has 142 valence electrons. The summed E-state index contributed by atoms with van der Waals surface area (Å²) in [6.07, 6.45) is 10.9. The molecule has 1 atom stereocenters. The van der Waals surface area contributed by atoms with Crippen molar-refractivity contribution in [2.45, 2.75) is 31.1 Å². The highest BCUT2D eigenvalue weighted by atomic mass is 32.1. The molecule has 6 heteroatoms. The van der Waals surface area contributed by atoms with Gasteiger partial charge in [-0.1, -0.05) is 54.1 Å². The monoisotopic (exact) mass is 390 g/mol. The van der Waals surface area contributed by atoms with E-state index in [0.29, 0.717) is 5.92 Å². The van der Waals surface area contributed by atoms with Crippen molar-refractivity contribution in [3.05, 3.63) is 75.5 Å². The summed E-state index contributed by atoms with van der Waals surface area (Å²) in [5, 5.41) is 12.3. The van der Waals surface area contributed by atoms with E-state index in [0.717, 1.165) is 41.9 Å². The predicted octanol–water partition coefficient (Wildman–Crippen LogP) is 4.57. The van der Waals surface area contributed by atoms with Crippen molar-refractivity contribution >= 4 is 23.1 Å². The van der Waals surface area contributed by atoms with Gasteiger partial charge in [0.1, 0.15) is 18.5 Å². The fourth-order valence-electron chi connectivity index (χ4n) is 4.23. The van der Waals surface area contributed by atoms with Gasteiger partial charge in [0.25, 0.3) is 0 Å². The summed E-state index contributed by atoms with van der Waals surface area (Å²) in [7, 11) is 1.61. The van der Waals surface area contributed by atoms with Crippen LogP contribution in [0.4, 0.5) is 0 Å². The molecule has 1 fully saturated rings. The van der Waals surface area contributed by atoms with E-state index in [4.69, 9.17) is 4.84 Å². The highest BCUT2D eigenvalue weighted by Gasteiger charge is 2.39. The van der Waals surface area contributed by atoms with Crippen LogP contribution in [0.15, 0.2) is 53.3 Å². The Bertz CT molecular complexity index is 1020. The van der Waals surface area contributed by atoms with Crippen LogP contribution in [0.25, 0.3) is 6.08 Å². The quantitative estimate of drug-likeness (QED) is 0.513. The standard InChI is InChI=1S/C22H22N4OS/c1-27-26-20(15-6-5-7-15)21-17-10-11-22(12-18(17)24-25-21,19-13-23-14-28-19)16-8-3-2-4-9-16/h2-4,8-11,13-15H,5-7,12H2,1H3,(H,24,25). The summed E-state index contributed by atoms with van der Waals surface area (Å²) in [6.45, 7) is 0. The summed E-state index contributed by atoms with van der Waals surface area (Å²) < 4.78 is 0. The number of fused-ring (bicyclic) bond motifs is 1. The first-order valence-electron chi connectivity index (χ1n) is 9.64. The fraction of sp³-hybridized carbons (Fsp3) is 0.318. The van der Waals surface area contributed by atoms with Gasteiger partial charge in [-0.25, -0.2) is 0 Å². The number of H-pyrrole nitrogens is 1. The zero-order valence-corrected chi connectivity index (χ0v) is 16.6. The zero-order chi connectivity index (χ0) is 19.0. The molecule has 0 saturated heterocycles. The number of nitrogens with one attached hydrogen (secondary N) is 1. The van der Waals surface area contributed by atoms with Crippen LogP contribution in [-0.4, -0.2) is 28.0 Å². The van der Waals surface area contributed by atoms with Gasteiger partial charge in [-0.2, -0.15) is 5.10 Å². The van der Waals surface area contributed by atoms with Crippen LogP contribution < -0.4 is 0 Å². The Morgan fingerprint density at radius 3 is 2.82 bits per heavy atom. The Morgan fingerprint density at radius 1 is 1.29 bits per heavy atom. The number of oxime groups is 1. The largest absolute Gasteiger partial charge is 0.399 e. The van der Waals surface area contributed by atoms with E-state index in [2.05, 4.69) is 62.8 Å². The Balaban J connectivity index is 1.59. The molecule has 0 aliphatic heterocycles. The maximum absolute atomic E-state index is 5.15. The van der Waals surface area contributed by atoms with E-state index >= 15 is 0 Å². The number of benzene rings is 1. The number of nitrogens with zero attached hydrogens (tertiary/aromatic N) is 3. The van der Waals surface area contributed by atoms with E-state index in [1.165, 1.54) is 16.9 Å². The van der Waals surface area contributed by atoms with E-state index in [9.17, 15) is 0 Å². The van der Waals surface area contributed by atoms with Crippen molar-refractivity contribution in [1.29, 1.82) is 0 Å². The number of thiazole rings is 1. The van der Waals surface area contributed by atoms with Crippen LogP contribution in [0.3, 0.4) is 0 Å². The SMILES string of the molecule is CON=C(c1n[nH]c2c1C=CC(c1ccccc1)(c1cncs1)C2)C1CCC1. The van der Waals surface area contributed by atoms with Gasteiger partial charge in [-0.3, -0.25) is 10.1 Å². The lowest BCUT2D eigenvalue weighted by Gasteiger charge is -2.33. The molecular formula is C22H22N4OS. The predicted molar refractivity (Wildman–Crippen MR) is 112 cm³/mol. The first-order chi connectivity index (χ1) is 13.8. The van der Waals surface area contributed by atoms with E-state index in [1.807, 2.05) is 11.7 Å². The van der Waals surface area contributed by atoms with Crippen LogP contribution in [0.1, 0.15) is 46.7 Å². The fourth-order valence-corrected chi connectivity index (χ4v) is 5.06. The molecule has 0 spiro atoms. The van der Waals surface area contributed by atoms with Gasteiger partial charge in [-0.05, 0) is 18.4 Å². The van der Waals surface area contributed by atoms with Crippen LogP contribution in [0.5, 0.6) is 0 Å². The molecular weight excluding hydrogens is 368 g/mol. The molecule has 1 aromatic carbocycles. The number of hydrogen-bond acceptors (Lipinski definition) is 5. The number of aromatic amines is 1. The normalized spacial score (nSPS) is 22.0. The second kappa shape index (κ2) is 7.02. The highest BCUT2D eigenvalue weighted by Crippen LogP contribution is 2.43. The lowest BCUT2D eigenvalue weighted by atomic mass is 9.71. The Hall–Kier alpha value is -2.73.